The van der Waals surface area contributed by atoms with Crippen LogP contribution in [0.15, 0.2) is 54.6 Å². The second-order valence-corrected chi connectivity index (χ2v) is 15.1. The highest BCUT2D eigenvalue weighted by Gasteiger charge is 2.37. The van der Waals surface area contributed by atoms with Gasteiger partial charge in [0.1, 0.15) is 23.0 Å². The number of carboxylic acids is 1. The first kappa shape index (κ1) is 35.8. The Morgan fingerprint density at radius 1 is 0.915 bits per heavy atom. The van der Waals surface area contributed by atoms with E-state index in [1.165, 1.54) is 63.4 Å². The summed E-state index contributed by atoms with van der Waals surface area (Å²) in [6, 6.07) is 14.2. The molecule has 4 N–H and O–H groups in total. The molecule has 12 nitrogen and oxygen atoms in total. The molecule has 1 unspecified atom stereocenters. The van der Waals surface area contributed by atoms with E-state index in [4.69, 9.17) is 22.8 Å². The summed E-state index contributed by atoms with van der Waals surface area (Å²) in [7, 11) is 1.89. The molecule has 4 rings (SSSR count). The van der Waals surface area contributed by atoms with Gasteiger partial charge in [0.05, 0.1) is 18.1 Å². The predicted molar refractivity (Wildman–Crippen MR) is 177 cm³/mol. The minimum Gasteiger partial charge on any atom is -0.508 e. The number of carbonyl (C=O) groups excluding carboxylic acids is 2. The van der Waals surface area contributed by atoms with Crippen molar-refractivity contribution in [1.29, 1.82) is 0 Å². The first-order valence-electron chi connectivity index (χ1n) is 14.9. The lowest BCUT2D eigenvalue weighted by atomic mass is 9.80. The van der Waals surface area contributed by atoms with Crippen molar-refractivity contribution >= 4 is 38.4 Å². The molecule has 0 fully saturated rings. The van der Waals surface area contributed by atoms with Crippen LogP contribution in [0, 0.1) is 5.92 Å². The Labute approximate surface area is 278 Å². The fourth-order valence-electron chi connectivity index (χ4n) is 5.28. The molecule has 1 heterocycles. The molecule has 252 valence electrons. The number of ether oxygens (including phenoxy) is 2. The molecule has 14 heteroatoms. The number of thioether (sulfide) groups is 1. The van der Waals surface area contributed by atoms with Crippen molar-refractivity contribution in [2.24, 2.45) is 5.92 Å². The minimum absolute atomic E-state index is 0.0269. The van der Waals surface area contributed by atoms with Crippen LogP contribution in [-0.2, 0) is 22.8 Å². The van der Waals surface area contributed by atoms with Crippen LogP contribution in [0.4, 0.5) is 0 Å². The Morgan fingerprint density at radius 2 is 1.51 bits per heavy atom. The Balaban J connectivity index is 1.33. The molecule has 0 spiro atoms. The SMILES string of the molecule is CO[Si](CCCOC(=O)C(C)CSCCNC(=O)c1ccc(C2c3ccc(O)cc3Oc3cc(O)ccc32)c(C(=O)O)c1)(OC)OC. The van der Waals surface area contributed by atoms with Crippen molar-refractivity contribution in [1.82, 2.24) is 5.32 Å². The van der Waals surface area contributed by atoms with E-state index in [-0.39, 0.29) is 41.1 Å². The molecular weight excluding hydrogens is 647 g/mol. The maximum absolute atomic E-state index is 13.0. The highest BCUT2D eigenvalue weighted by molar-refractivity contribution is 7.99. The summed E-state index contributed by atoms with van der Waals surface area (Å²) >= 11 is 1.49. The molecule has 0 saturated carbocycles. The second-order valence-electron chi connectivity index (χ2n) is 10.9. The van der Waals surface area contributed by atoms with Crippen molar-refractivity contribution in [3.63, 3.8) is 0 Å². The number of aromatic hydroxyl groups is 2. The summed E-state index contributed by atoms with van der Waals surface area (Å²) in [4.78, 5) is 37.8. The van der Waals surface area contributed by atoms with E-state index >= 15 is 0 Å². The summed E-state index contributed by atoms with van der Waals surface area (Å²) in [5.74, 6) is -1.26. The van der Waals surface area contributed by atoms with E-state index < -0.39 is 26.6 Å². The highest BCUT2D eigenvalue weighted by Crippen LogP contribution is 2.49. The van der Waals surface area contributed by atoms with Gasteiger partial charge < -0.3 is 43.4 Å². The van der Waals surface area contributed by atoms with Gasteiger partial charge in [-0.15, -0.1) is 0 Å². The van der Waals surface area contributed by atoms with Gasteiger partial charge in [-0.3, -0.25) is 9.59 Å². The molecule has 1 amide bonds. The van der Waals surface area contributed by atoms with E-state index in [2.05, 4.69) is 5.32 Å². The number of amides is 1. The Hall–Kier alpha value is -4.08. The zero-order valence-electron chi connectivity index (χ0n) is 26.6. The van der Waals surface area contributed by atoms with Crippen LogP contribution in [0.5, 0.6) is 23.0 Å². The molecule has 47 heavy (non-hydrogen) atoms. The van der Waals surface area contributed by atoms with Crippen molar-refractivity contribution < 1.29 is 52.5 Å². The van der Waals surface area contributed by atoms with E-state index in [0.717, 1.165) is 0 Å². The maximum Gasteiger partial charge on any atom is 0.500 e. The van der Waals surface area contributed by atoms with Crippen molar-refractivity contribution in [2.45, 2.75) is 25.3 Å². The van der Waals surface area contributed by atoms with Crippen LogP contribution >= 0.6 is 11.8 Å². The maximum atomic E-state index is 13.0. The van der Waals surface area contributed by atoms with Gasteiger partial charge >= 0.3 is 20.7 Å². The van der Waals surface area contributed by atoms with E-state index in [9.17, 15) is 29.7 Å². The number of carbonyl (C=O) groups is 3. The van der Waals surface area contributed by atoms with Gasteiger partial charge in [0, 0.05) is 80.2 Å². The number of phenolic OH excluding ortho intramolecular Hbond substituents is 2. The van der Waals surface area contributed by atoms with Crippen LogP contribution in [0.3, 0.4) is 0 Å². The number of carboxylic acid groups (broad SMARTS) is 1. The van der Waals surface area contributed by atoms with Crippen LogP contribution in [0.25, 0.3) is 0 Å². The van der Waals surface area contributed by atoms with Crippen molar-refractivity contribution in [2.75, 3.05) is 46.0 Å². The third kappa shape index (κ3) is 8.64. The number of hydrogen-bond acceptors (Lipinski definition) is 11. The molecule has 0 aliphatic carbocycles. The normalized spacial score (nSPS) is 13.2. The molecule has 3 aromatic carbocycles. The zero-order valence-corrected chi connectivity index (χ0v) is 28.4. The van der Waals surface area contributed by atoms with Gasteiger partial charge in [-0.2, -0.15) is 11.8 Å². The number of aromatic carboxylic acids is 1. The first-order chi connectivity index (χ1) is 22.5. The van der Waals surface area contributed by atoms with Gasteiger partial charge in [-0.25, -0.2) is 4.79 Å². The largest absolute Gasteiger partial charge is 0.508 e. The lowest BCUT2D eigenvalue weighted by molar-refractivity contribution is -0.147. The quantitative estimate of drug-likeness (QED) is 0.0709. The standard InChI is InChI=1S/C33H39NO11SSi/c1-20(33(40)44-13-5-15-47(41-2,42-3)43-4)19-46-14-12-34-31(37)21-6-9-24(27(16-21)32(38)39)30-25-10-7-22(35)17-28(25)45-29-18-23(36)8-11-26(29)30/h6-11,16-18,20,30,35-36H,5,12-15,19H2,1-4H3,(H,34,37)(H,38,39). The third-order valence-electron chi connectivity index (χ3n) is 7.80. The molecule has 1 atom stereocenters. The number of benzene rings is 3. The van der Waals surface area contributed by atoms with Crippen LogP contribution in [-0.4, -0.2) is 88.0 Å². The topological polar surface area (TPSA) is 170 Å². The smallest absolute Gasteiger partial charge is 0.500 e. The zero-order chi connectivity index (χ0) is 34.1. The number of esters is 1. The average Bonchev–Trinajstić information content (AvgIpc) is 3.06. The molecule has 1 aliphatic rings. The van der Waals surface area contributed by atoms with E-state index in [0.29, 0.717) is 58.7 Å². The molecule has 1 aliphatic heterocycles. The number of rotatable bonds is 16. The lowest BCUT2D eigenvalue weighted by Crippen LogP contribution is -2.42. The monoisotopic (exact) mass is 685 g/mol. The molecular formula is C33H39NO11SSi. The fraction of sp³-hybridized carbons (Fsp3) is 0.364. The average molecular weight is 686 g/mol. The Kier molecular flexibility index (Phi) is 12.3. The minimum atomic E-state index is -2.71. The summed E-state index contributed by atoms with van der Waals surface area (Å²) in [6.07, 6.45) is 0.550. The summed E-state index contributed by atoms with van der Waals surface area (Å²) < 4.78 is 27.4. The summed E-state index contributed by atoms with van der Waals surface area (Å²) in [5.41, 5.74) is 1.79. The highest BCUT2D eigenvalue weighted by atomic mass is 32.2. The van der Waals surface area contributed by atoms with Crippen LogP contribution in [0.1, 0.15) is 56.7 Å². The Bertz CT molecular complexity index is 1540. The molecule has 3 aromatic rings. The van der Waals surface area contributed by atoms with Crippen LogP contribution < -0.4 is 10.1 Å². The predicted octanol–water partition coefficient (Wildman–Crippen LogP) is 4.99. The Morgan fingerprint density at radius 3 is 2.09 bits per heavy atom. The van der Waals surface area contributed by atoms with Crippen molar-refractivity contribution in [3.05, 3.63) is 82.4 Å². The van der Waals surface area contributed by atoms with Gasteiger partial charge in [-0.1, -0.05) is 25.1 Å². The molecule has 0 saturated heterocycles. The van der Waals surface area contributed by atoms with Gasteiger partial charge in [0.15, 0.2) is 0 Å². The second kappa shape index (κ2) is 16.2. The number of phenols is 2. The van der Waals surface area contributed by atoms with Crippen LogP contribution in [0.2, 0.25) is 6.04 Å². The van der Waals surface area contributed by atoms with E-state index in [1.54, 1.807) is 31.2 Å². The molecule has 0 bridgehead atoms. The van der Waals surface area contributed by atoms with Crippen molar-refractivity contribution in [3.8, 4) is 23.0 Å². The first-order valence-corrected chi connectivity index (χ1v) is 18.0. The summed E-state index contributed by atoms with van der Waals surface area (Å²) in [6.45, 7) is 2.32. The molecule has 0 radical (unpaired) electrons. The third-order valence-corrected chi connectivity index (χ3v) is 11.9. The molecule has 0 aromatic heterocycles. The van der Waals surface area contributed by atoms with Gasteiger partial charge in [-0.05, 0) is 36.2 Å². The lowest BCUT2D eigenvalue weighted by Gasteiger charge is -2.29. The summed E-state index contributed by atoms with van der Waals surface area (Å²) in [5, 5.41) is 33.0. The van der Waals surface area contributed by atoms with E-state index in [1.807, 2.05) is 0 Å². The van der Waals surface area contributed by atoms with Gasteiger partial charge in [0.2, 0.25) is 0 Å². The fourth-order valence-corrected chi connectivity index (χ4v) is 7.87. The van der Waals surface area contributed by atoms with Gasteiger partial charge in [0.25, 0.3) is 5.91 Å². The number of fused-ring (bicyclic) bond motifs is 2. The number of hydrogen-bond donors (Lipinski definition) is 4. The number of nitrogens with one attached hydrogen (secondary N) is 1.